The number of nitrogens with zero attached hydrogens (tertiary/aromatic N) is 3. The normalized spacial score (nSPS) is 14.6. The number of fused-ring (bicyclic) bond motifs is 1. The molecule has 4 rings (SSSR count). The van der Waals surface area contributed by atoms with E-state index in [1.807, 2.05) is 6.20 Å². The van der Waals surface area contributed by atoms with Gasteiger partial charge in [-0.15, -0.1) is 11.3 Å². The molecule has 0 fully saturated rings. The van der Waals surface area contributed by atoms with Crippen molar-refractivity contribution in [2.24, 2.45) is 0 Å². The van der Waals surface area contributed by atoms with Gasteiger partial charge in [0.15, 0.2) is 4.77 Å². The number of hydrogen-bond donors (Lipinski definition) is 1. The lowest BCUT2D eigenvalue weighted by molar-refractivity contribution is 0.240. The van der Waals surface area contributed by atoms with Crippen LogP contribution in [0.15, 0.2) is 41.9 Å². The molecular formula is C17H16N4S2. The molecule has 0 atom stereocenters. The summed E-state index contributed by atoms with van der Waals surface area (Å²) in [6.07, 6.45) is 2.88. The molecular weight excluding hydrogens is 324 g/mol. The molecule has 0 aromatic carbocycles. The van der Waals surface area contributed by atoms with Gasteiger partial charge in [-0.1, -0.05) is 12.1 Å². The van der Waals surface area contributed by atoms with Crippen LogP contribution in [0.5, 0.6) is 0 Å². The average Bonchev–Trinajstić information content (AvgIpc) is 3.10. The monoisotopic (exact) mass is 340 g/mol. The fourth-order valence-electron chi connectivity index (χ4n) is 2.90. The Kier molecular flexibility index (Phi) is 4.03. The molecule has 0 unspecified atom stereocenters. The minimum absolute atomic E-state index is 0.572. The van der Waals surface area contributed by atoms with Crippen LogP contribution in [0.4, 0.5) is 0 Å². The highest BCUT2D eigenvalue weighted by molar-refractivity contribution is 7.71. The summed E-state index contributed by atoms with van der Waals surface area (Å²) in [5, 5.41) is 2.09. The maximum Gasteiger partial charge on any atom is 0.196 e. The van der Waals surface area contributed by atoms with Crippen molar-refractivity contribution in [1.82, 2.24) is 19.9 Å². The van der Waals surface area contributed by atoms with Crippen molar-refractivity contribution < 1.29 is 0 Å². The predicted molar refractivity (Wildman–Crippen MR) is 94.8 cm³/mol. The number of H-pyrrole nitrogens is 1. The fourth-order valence-corrected chi connectivity index (χ4v) is 3.77. The molecule has 0 saturated heterocycles. The molecule has 0 bridgehead atoms. The topological polar surface area (TPSA) is 44.8 Å². The van der Waals surface area contributed by atoms with Gasteiger partial charge in [0.1, 0.15) is 0 Å². The highest BCUT2D eigenvalue weighted by Crippen LogP contribution is 2.23. The first-order chi connectivity index (χ1) is 11.3. The third-order valence-corrected chi connectivity index (χ3v) is 5.12. The van der Waals surface area contributed by atoms with Crippen molar-refractivity contribution in [2.75, 3.05) is 6.54 Å². The second kappa shape index (κ2) is 6.31. The van der Waals surface area contributed by atoms with Crippen molar-refractivity contribution in [1.29, 1.82) is 0 Å². The van der Waals surface area contributed by atoms with Gasteiger partial charge < -0.3 is 4.98 Å². The van der Waals surface area contributed by atoms with Crippen LogP contribution in [0.2, 0.25) is 0 Å². The van der Waals surface area contributed by atoms with Crippen LogP contribution < -0.4 is 0 Å². The zero-order chi connectivity index (χ0) is 15.6. The van der Waals surface area contributed by atoms with E-state index in [-0.39, 0.29) is 0 Å². The largest absolute Gasteiger partial charge is 0.334 e. The van der Waals surface area contributed by atoms with Crippen LogP contribution >= 0.6 is 23.6 Å². The lowest BCUT2D eigenvalue weighted by Gasteiger charge is -2.27. The summed E-state index contributed by atoms with van der Waals surface area (Å²) in [7, 11) is 0. The summed E-state index contributed by atoms with van der Waals surface area (Å²) in [5.74, 6) is 0. The molecule has 0 spiro atoms. The molecule has 3 aromatic heterocycles. The zero-order valence-electron chi connectivity index (χ0n) is 12.5. The summed E-state index contributed by atoms with van der Waals surface area (Å²) < 4.78 is 0.572. The van der Waals surface area contributed by atoms with Crippen LogP contribution in [-0.2, 0) is 19.5 Å². The number of aromatic nitrogens is 3. The Bertz CT molecular complexity index is 870. The van der Waals surface area contributed by atoms with E-state index in [0.29, 0.717) is 4.77 Å². The maximum atomic E-state index is 5.10. The van der Waals surface area contributed by atoms with Crippen LogP contribution in [0.1, 0.15) is 17.0 Å². The molecule has 6 heteroatoms. The van der Waals surface area contributed by atoms with Crippen molar-refractivity contribution in [3.63, 3.8) is 0 Å². The highest BCUT2D eigenvalue weighted by atomic mass is 32.1. The number of pyridine rings is 1. The molecule has 3 aromatic rings. The third-order valence-electron chi connectivity index (χ3n) is 4.02. The van der Waals surface area contributed by atoms with Crippen molar-refractivity contribution in [2.45, 2.75) is 19.5 Å². The smallest absolute Gasteiger partial charge is 0.196 e. The maximum absolute atomic E-state index is 5.10. The van der Waals surface area contributed by atoms with Gasteiger partial charge in [-0.25, -0.2) is 4.98 Å². The molecule has 116 valence electrons. The molecule has 1 aliphatic rings. The molecule has 0 amide bonds. The van der Waals surface area contributed by atoms with E-state index >= 15 is 0 Å². The molecule has 0 radical (unpaired) electrons. The number of aromatic amines is 1. The van der Waals surface area contributed by atoms with E-state index in [1.165, 1.54) is 16.1 Å². The number of nitrogens with one attached hydrogen (secondary N) is 1. The van der Waals surface area contributed by atoms with Crippen molar-refractivity contribution >= 4 is 23.6 Å². The summed E-state index contributed by atoms with van der Waals surface area (Å²) in [6, 6.07) is 10.4. The summed E-state index contributed by atoms with van der Waals surface area (Å²) in [4.78, 5) is 15.8. The second-order valence-electron chi connectivity index (χ2n) is 5.64. The van der Waals surface area contributed by atoms with Gasteiger partial charge in [-0.05, 0) is 35.8 Å². The van der Waals surface area contributed by atoms with Gasteiger partial charge in [-0.3, -0.25) is 9.88 Å². The molecule has 4 nitrogen and oxygen atoms in total. The molecule has 1 aliphatic heterocycles. The quantitative estimate of drug-likeness (QED) is 0.736. The number of hydrogen-bond acceptors (Lipinski definition) is 5. The lowest BCUT2D eigenvalue weighted by Crippen LogP contribution is -2.31. The Hall–Kier alpha value is -1.89. The van der Waals surface area contributed by atoms with Gasteiger partial charge in [0.05, 0.1) is 16.3 Å². The second-order valence-corrected chi connectivity index (χ2v) is 6.98. The Balaban J connectivity index is 1.52. The Morgan fingerprint density at radius 3 is 3.09 bits per heavy atom. The SMILES string of the molecule is S=c1ncc2c([nH]1)CCN(Cc1cccc(-c3cccs3)n1)C2. The van der Waals surface area contributed by atoms with Gasteiger partial charge in [-0.2, -0.15) is 0 Å². The van der Waals surface area contributed by atoms with Crippen LogP contribution in [0.25, 0.3) is 10.6 Å². The van der Waals surface area contributed by atoms with Gasteiger partial charge in [0.25, 0.3) is 0 Å². The first-order valence-corrected chi connectivity index (χ1v) is 8.86. The molecule has 23 heavy (non-hydrogen) atoms. The van der Waals surface area contributed by atoms with E-state index < -0.39 is 0 Å². The molecule has 0 saturated carbocycles. The van der Waals surface area contributed by atoms with E-state index in [2.05, 4.69) is 50.6 Å². The van der Waals surface area contributed by atoms with Crippen molar-refractivity contribution in [3.05, 3.63) is 63.6 Å². The lowest BCUT2D eigenvalue weighted by atomic mass is 10.1. The Morgan fingerprint density at radius 2 is 2.22 bits per heavy atom. The van der Waals surface area contributed by atoms with Crippen molar-refractivity contribution in [3.8, 4) is 10.6 Å². The third kappa shape index (κ3) is 3.24. The van der Waals surface area contributed by atoms with Gasteiger partial charge >= 0.3 is 0 Å². The Labute approximate surface area is 143 Å². The Morgan fingerprint density at radius 1 is 1.26 bits per heavy atom. The minimum Gasteiger partial charge on any atom is -0.334 e. The van der Waals surface area contributed by atoms with Crippen LogP contribution in [0, 0.1) is 4.77 Å². The van der Waals surface area contributed by atoms with Crippen LogP contribution in [0.3, 0.4) is 0 Å². The summed E-state index contributed by atoms with van der Waals surface area (Å²) >= 11 is 6.82. The molecule has 0 aliphatic carbocycles. The predicted octanol–water partition coefficient (Wildman–Crippen LogP) is 3.82. The first-order valence-electron chi connectivity index (χ1n) is 7.57. The highest BCUT2D eigenvalue weighted by Gasteiger charge is 2.17. The fraction of sp³-hybridized carbons (Fsp3) is 0.235. The molecule has 4 heterocycles. The van der Waals surface area contributed by atoms with Crippen LogP contribution in [-0.4, -0.2) is 26.4 Å². The van der Waals surface area contributed by atoms with E-state index in [1.54, 1.807) is 11.3 Å². The van der Waals surface area contributed by atoms with E-state index in [4.69, 9.17) is 17.2 Å². The average molecular weight is 340 g/mol. The van der Waals surface area contributed by atoms with E-state index in [0.717, 1.165) is 37.4 Å². The minimum atomic E-state index is 0.572. The zero-order valence-corrected chi connectivity index (χ0v) is 14.2. The van der Waals surface area contributed by atoms with Gasteiger partial charge in [0, 0.05) is 43.5 Å². The summed E-state index contributed by atoms with van der Waals surface area (Å²) in [5.41, 5.74) is 4.62. The van der Waals surface area contributed by atoms with E-state index in [9.17, 15) is 0 Å². The van der Waals surface area contributed by atoms with Gasteiger partial charge in [0.2, 0.25) is 0 Å². The first kappa shape index (κ1) is 14.7. The summed E-state index contributed by atoms with van der Waals surface area (Å²) in [6.45, 7) is 2.75. The number of rotatable bonds is 3. The standard InChI is InChI=1S/C17H16N4S2/c22-17-18-9-12-10-21(7-6-14(12)20-17)11-13-3-1-4-15(19-13)16-5-2-8-23-16/h1-5,8-9H,6-7,10-11H2,(H,18,20,22). The number of thiophene rings is 1. The molecule has 1 N–H and O–H groups in total.